The van der Waals surface area contributed by atoms with Crippen LogP contribution in [0, 0.1) is 0 Å². The molecular weight excluding hydrogens is 354 g/mol. The van der Waals surface area contributed by atoms with Gasteiger partial charge >= 0.3 is 5.63 Å². The zero-order valence-electron chi connectivity index (χ0n) is 16.4. The highest BCUT2D eigenvalue weighted by molar-refractivity contribution is 5.85. The number of benzene rings is 2. The largest absolute Gasteiger partial charge is 0.497 e. The molecule has 3 aromatic rings. The van der Waals surface area contributed by atoms with Gasteiger partial charge in [-0.25, -0.2) is 4.79 Å². The van der Waals surface area contributed by atoms with E-state index in [2.05, 4.69) is 24.0 Å². The second-order valence-electron chi connectivity index (χ2n) is 7.22. The van der Waals surface area contributed by atoms with E-state index in [-0.39, 0.29) is 5.63 Å². The van der Waals surface area contributed by atoms with Gasteiger partial charge < -0.3 is 13.9 Å². The number of aryl methyl sites for hydroxylation is 1. The Morgan fingerprint density at radius 2 is 1.96 bits per heavy atom. The van der Waals surface area contributed by atoms with E-state index in [1.807, 2.05) is 24.3 Å². The van der Waals surface area contributed by atoms with Crippen LogP contribution in [0.25, 0.3) is 11.0 Å². The summed E-state index contributed by atoms with van der Waals surface area (Å²) in [6.45, 7) is 4.09. The lowest BCUT2D eigenvalue weighted by molar-refractivity contribution is 0.0889. The van der Waals surface area contributed by atoms with Crippen LogP contribution in [0.2, 0.25) is 0 Å². The molecule has 0 saturated carbocycles. The van der Waals surface area contributed by atoms with Crippen molar-refractivity contribution in [2.24, 2.45) is 0 Å². The topological polar surface area (TPSA) is 51.9 Å². The van der Waals surface area contributed by atoms with E-state index >= 15 is 0 Å². The van der Waals surface area contributed by atoms with Gasteiger partial charge in [0, 0.05) is 24.5 Å². The fourth-order valence-electron chi connectivity index (χ4n) is 3.71. The molecule has 1 aliphatic heterocycles. The Hall–Kier alpha value is -2.79. The lowest BCUT2D eigenvalue weighted by atomic mass is 10.0. The van der Waals surface area contributed by atoms with Crippen LogP contribution < -0.4 is 15.1 Å². The van der Waals surface area contributed by atoms with E-state index < -0.39 is 0 Å². The van der Waals surface area contributed by atoms with Crippen molar-refractivity contribution in [1.29, 1.82) is 0 Å². The van der Waals surface area contributed by atoms with Crippen molar-refractivity contribution < 1.29 is 13.9 Å². The average Bonchev–Trinajstić information content (AvgIpc) is 2.72. The number of nitrogens with zero attached hydrogens (tertiary/aromatic N) is 1. The molecule has 0 fully saturated rings. The van der Waals surface area contributed by atoms with Gasteiger partial charge in [0.2, 0.25) is 0 Å². The SMILES string of the molecule is CCCCc1cc(=O)oc2c3c(ccc12)OCN(Cc1ccc(OC)cc1)C3. The molecule has 0 saturated heterocycles. The Morgan fingerprint density at radius 3 is 2.71 bits per heavy atom. The summed E-state index contributed by atoms with van der Waals surface area (Å²) >= 11 is 0. The number of methoxy groups -OCH3 is 1. The molecule has 0 radical (unpaired) electrons. The number of hydrogen-bond donors (Lipinski definition) is 0. The van der Waals surface area contributed by atoms with E-state index in [0.717, 1.165) is 53.8 Å². The van der Waals surface area contributed by atoms with Crippen LogP contribution in [0.15, 0.2) is 51.7 Å². The third kappa shape index (κ3) is 3.76. The average molecular weight is 379 g/mol. The van der Waals surface area contributed by atoms with E-state index in [9.17, 15) is 4.79 Å². The van der Waals surface area contributed by atoms with Crippen molar-refractivity contribution in [3.63, 3.8) is 0 Å². The zero-order chi connectivity index (χ0) is 19.5. The summed E-state index contributed by atoms with van der Waals surface area (Å²) in [6.07, 6.45) is 3.02. The zero-order valence-corrected chi connectivity index (χ0v) is 16.4. The van der Waals surface area contributed by atoms with Crippen LogP contribution in [-0.4, -0.2) is 18.7 Å². The molecule has 5 nitrogen and oxygen atoms in total. The Labute approximate surface area is 164 Å². The molecule has 0 aliphatic carbocycles. The lowest BCUT2D eigenvalue weighted by Crippen LogP contribution is -2.31. The first-order chi connectivity index (χ1) is 13.7. The van der Waals surface area contributed by atoms with Crippen LogP contribution >= 0.6 is 0 Å². The van der Waals surface area contributed by atoms with Gasteiger partial charge in [-0.05, 0) is 48.2 Å². The van der Waals surface area contributed by atoms with Gasteiger partial charge in [0.25, 0.3) is 0 Å². The fraction of sp³-hybridized carbons (Fsp3) is 0.348. The molecule has 0 bridgehead atoms. The molecule has 1 aliphatic rings. The molecule has 1 aromatic heterocycles. The van der Waals surface area contributed by atoms with E-state index in [1.165, 1.54) is 5.56 Å². The number of ether oxygens (including phenoxy) is 2. The van der Waals surface area contributed by atoms with Gasteiger partial charge in [-0.2, -0.15) is 0 Å². The molecule has 2 aromatic carbocycles. The Balaban J connectivity index is 1.64. The van der Waals surface area contributed by atoms with Gasteiger partial charge in [0.15, 0.2) is 0 Å². The first-order valence-corrected chi connectivity index (χ1v) is 9.74. The summed E-state index contributed by atoms with van der Waals surface area (Å²) in [4.78, 5) is 14.3. The van der Waals surface area contributed by atoms with Crippen molar-refractivity contribution >= 4 is 11.0 Å². The Kier molecular flexibility index (Phi) is 5.35. The van der Waals surface area contributed by atoms with E-state index in [4.69, 9.17) is 13.9 Å². The highest BCUT2D eigenvalue weighted by Gasteiger charge is 2.22. The number of unbranched alkanes of at least 4 members (excludes halogenated alkanes) is 1. The number of hydrogen-bond acceptors (Lipinski definition) is 5. The summed E-state index contributed by atoms with van der Waals surface area (Å²) < 4.78 is 16.8. The molecule has 5 heteroatoms. The van der Waals surface area contributed by atoms with Crippen LogP contribution in [0.3, 0.4) is 0 Å². The monoisotopic (exact) mass is 379 g/mol. The predicted molar refractivity (Wildman–Crippen MR) is 109 cm³/mol. The summed E-state index contributed by atoms with van der Waals surface area (Å²) in [7, 11) is 1.66. The van der Waals surface area contributed by atoms with Crippen LogP contribution in [0.5, 0.6) is 11.5 Å². The van der Waals surface area contributed by atoms with Crippen LogP contribution in [0.4, 0.5) is 0 Å². The molecule has 0 N–H and O–H groups in total. The first-order valence-electron chi connectivity index (χ1n) is 9.74. The van der Waals surface area contributed by atoms with Gasteiger partial charge in [-0.15, -0.1) is 0 Å². The van der Waals surface area contributed by atoms with Crippen molar-refractivity contribution in [3.05, 3.63) is 69.6 Å². The molecule has 0 atom stereocenters. The minimum Gasteiger partial charge on any atom is -0.497 e. The lowest BCUT2D eigenvalue weighted by Gasteiger charge is -2.29. The van der Waals surface area contributed by atoms with Gasteiger partial charge in [-0.1, -0.05) is 25.5 Å². The molecule has 146 valence electrons. The van der Waals surface area contributed by atoms with Crippen molar-refractivity contribution in [3.8, 4) is 11.5 Å². The fourth-order valence-corrected chi connectivity index (χ4v) is 3.71. The van der Waals surface area contributed by atoms with E-state index in [0.29, 0.717) is 18.9 Å². The molecule has 28 heavy (non-hydrogen) atoms. The molecule has 4 rings (SSSR count). The molecule has 0 spiro atoms. The summed E-state index contributed by atoms with van der Waals surface area (Å²) in [5.41, 5.74) is 3.56. The third-order valence-corrected chi connectivity index (χ3v) is 5.21. The first kappa shape index (κ1) is 18.6. The molecule has 0 amide bonds. The second-order valence-corrected chi connectivity index (χ2v) is 7.22. The molecular formula is C23H25NO4. The van der Waals surface area contributed by atoms with Crippen LogP contribution in [-0.2, 0) is 19.5 Å². The summed E-state index contributed by atoms with van der Waals surface area (Å²) in [5.74, 6) is 1.64. The number of fused-ring (bicyclic) bond motifs is 3. The van der Waals surface area contributed by atoms with Gasteiger partial charge in [-0.3, -0.25) is 4.90 Å². The Morgan fingerprint density at radius 1 is 1.14 bits per heavy atom. The minimum absolute atomic E-state index is 0.292. The quantitative estimate of drug-likeness (QED) is 0.591. The smallest absolute Gasteiger partial charge is 0.336 e. The normalized spacial score (nSPS) is 13.9. The van der Waals surface area contributed by atoms with Crippen molar-refractivity contribution in [2.45, 2.75) is 39.3 Å². The summed E-state index contributed by atoms with van der Waals surface area (Å²) in [6, 6.07) is 13.7. The maximum Gasteiger partial charge on any atom is 0.336 e. The van der Waals surface area contributed by atoms with Crippen molar-refractivity contribution in [2.75, 3.05) is 13.8 Å². The predicted octanol–water partition coefficient (Wildman–Crippen LogP) is 4.50. The standard InChI is InChI=1S/C23H25NO4/c1-3-4-5-17-12-22(25)28-23-19(17)10-11-21-20(23)14-24(15-27-21)13-16-6-8-18(26-2)9-7-16/h6-12H,3-5,13-15H2,1-2H3. The van der Waals surface area contributed by atoms with Crippen LogP contribution in [0.1, 0.15) is 36.5 Å². The Bertz CT molecular complexity index is 1020. The molecule has 0 unspecified atom stereocenters. The maximum atomic E-state index is 12.2. The number of rotatable bonds is 6. The van der Waals surface area contributed by atoms with Gasteiger partial charge in [0.05, 0.1) is 12.7 Å². The van der Waals surface area contributed by atoms with Crippen molar-refractivity contribution in [1.82, 2.24) is 4.90 Å². The van der Waals surface area contributed by atoms with E-state index in [1.54, 1.807) is 13.2 Å². The third-order valence-electron chi connectivity index (χ3n) is 5.21. The summed E-state index contributed by atoms with van der Waals surface area (Å²) in [5, 5.41) is 1.02. The highest BCUT2D eigenvalue weighted by atomic mass is 16.5. The maximum absolute atomic E-state index is 12.2. The highest BCUT2D eigenvalue weighted by Crippen LogP contribution is 2.34. The second kappa shape index (κ2) is 8.07. The molecule has 2 heterocycles. The van der Waals surface area contributed by atoms with Gasteiger partial charge in [0.1, 0.15) is 23.8 Å². The minimum atomic E-state index is -0.292.